The van der Waals surface area contributed by atoms with Gasteiger partial charge < -0.3 is 49.6 Å². The summed E-state index contributed by atoms with van der Waals surface area (Å²) in [7, 11) is -13.0. The summed E-state index contributed by atoms with van der Waals surface area (Å²) in [6, 6.07) is 0. The molecular formula is C18H30N10O12P2S. The van der Waals surface area contributed by atoms with E-state index in [1.54, 1.807) is 23.0 Å². The summed E-state index contributed by atoms with van der Waals surface area (Å²) < 4.78 is 66.5. The van der Waals surface area contributed by atoms with Gasteiger partial charge in [-0.1, -0.05) is 0 Å². The van der Waals surface area contributed by atoms with E-state index in [1.807, 2.05) is 0 Å². The lowest BCUT2D eigenvalue weighted by molar-refractivity contribution is 0.0764. The van der Waals surface area contributed by atoms with E-state index in [2.05, 4.69) is 29.9 Å². The van der Waals surface area contributed by atoms with Gasteiger partial charge >= 0.3 is 25.6 Å². The van der Waals surface area contributed by atoms with Gasteiger partial charge in [0.05, 0.1) is 38.0 Å². The van der Waals surface area contributed by atoms with Gasteiger partial charge in [-0.2, -0.15) is 8.42 Å². The van der Waals surface area contributed by atoms with Crippen LogP contribution in [0.4, 0.5) is 11.6 Å². The van der Waals surface area contributed by atoms with Crippen LogP contribution in [0.5, 0.6) is 0 Å². The first-order chi connectivity index (χ1) is 19.7. The fourth-order valence-corrected chi connectivity index (χ4v) is 4.07. The Morgan fingerprint density at radius 2 is 1.07 bits per heavy atom. The minimum Gasteiger partial charge on any atom is -0.382 e. The maximum Gasteiger partial charge on any atom is 0.394 e. The van der Waals surface area contributed by atoms with Crippen LogP contribution in [-0.4, -0.2) is 101 Å². The molecule has 0 aliphatic heterocycles. The molecule has 2 atom stereocenters. The Balaban J connectivity index is 0.000000260. The van der Waals surface area contributed by atoms with Crippen molar-refractivity contribution in [1.82, 2.24) is 39.0 Å². The maximum atomic E-state index is 10.7. The van der Waals surface area contributed by atoms with Gasteiger partial charge in [-0.15, -0.1) is 0 Å². The van der Waals surface area contributed by atoms with Crippen LogP contribution >= 0.6 is 15.2 Å². The number of nitrogen functional groups attached to an aromatic ring is 2. The molecule has 4 aromatic rings. The molecule has 0 aromatic carbocycles. The molecule has 4 heterocycles. The van der Waals surface area contributed by atoms with Crippen molar-refractivity contribution in [2.75, 3.05) is 24.2 Å². The third kappa shape index (κ3) is 13.3. The van der Waals surface area contributed by atoms with Crippen molar-refractivity contribution >= 4 is 59.6 Å². The van der Waals surface area contributed by atoms with Gasteiger partial charge in [-0.05, 0) is 13.8 Å². The molecule has 25 heteroatoms. The summed E-state index contributed by atoms with van der Waals surface area (Å²) in [4.78, 5) is 58.9. The fourth-order valence-electron chi connectivity index (χ4n) is 3.17. The van der Waals surface area contributed by atoms with Gasteiger partial charge in [0.2, 0.25) is 0 Å². The standard InChI is InChI=1S/2C9H14N5O4P.H2O4S/c2*1-6(18-5-19(15,16)17)2-14-4-13-7-8(10)11-3-12-9(7)14;1-5(2,3)4/h2*3-4,6H,2,5H2,1H3,(H2,10,11,12)(H2,15,16,17);(H2,1,2,3,4). The fraction of sp³-hybridized carbons (Fsp3) is 0.444. The Kier molecular flexibility index (Phi) is 12.5. The number of hydrogen-bond acceptors (Lipinski definition) is 14. The van der Waals surface area contributed by atoms with Crippen molar-refractivity contribution in [3.05, 3.63) is 25.3 Å². The lowest BCUT2D eigenvalue weighted by atomic mass is 10.4. The molecule has 0 fully saturated rings. The highest BCUT2D eigenvalue weighted by molar-refractivity contribution is 7.79. The Hall–Kier alpha value is -3.21. The molecule has 43 heavy (non-hydrogen) atoms. The predicted molar refractivity (Wildman–Crippen MR) is 149 cm³/mol. The molecule has 0 radical (unpaired) electrons. The van der Waals surface area contributed by atoms with E-state index in [0.717, 1.165) is 0 Å². The number of nitrogens with two attached hydrogens (primary N) is 2. The van der Waals surface area contributed by atoms with E-state index in [0.29, 0.717) is 35.4 Å². The van der Waals surface area contributed by atoms with E-state index in [9.17, 15) is 9.13 Å². The number of nitrogens with zero attached hydrogens (tertiary/aromatic N) is 8. The van der Waals surface area contributed by atoms with Gasteiger partial charge in [0.15, 0.2) is 22.9 Å². The van der Waals surface area contributed by atoms with E-state index in [4.69, 9.17) is 58.0 Å². The van der Waals surface area contributed by atoms with Crippen molar-refractivity contribution in [3.8, 4) is 0 Å². The summed E-state index contributed by atoms with van der Waals surface area (Å²) in [5, 5.41) is 0. The molecule has 0 spiro atoms. The van der Waals surface area contributed by atoms with Gasteiger partial charge in [0.25, 0.3) is 0 Å². The average molecular weight is 673 g/mol. The molecular weight excluding hydrogens is 642 g/mol. The molecule has 0 saturated heterocycles. The zero-order valence-electron chi connectivity index (χ0n) is 22.5. The van der Waals surface area contributed by atoms with Crippen molar-refractivity contribution in [3.63, 3.8) is 0 Å². The molecule has 0 aliphatic carbocycles. The third-order valence-corrected chi connectivity index (χ3v) is 5.79. The van der Waals surface area contributed by atoms with Crippen LogP contribution < -0.4 is 11.5 Å². The average Bonchev–Trinajstić information content (AvgIpc) is 3.46. The lowest BCUT2D eigenvalue weighted by Crippen LogP contribution is -2.17. The van der Waals surface area contributed by atoms with Crippen molar-refractivity contribution < 1.29 is 55.7 Å². The predicted octanol–water partition coefficient (Wildman–Crippen LogP) is -0.755. The number of imidazole rings is 2. The topological polar surface area (TPSA) is 347 Å². The van der Waals surface area contributed by atoms with Crippen LogP contribution in [0, 0.1) is 0 Å². The largest absolute Gasteiger partial charge is 0.394 e. The molecule has 4 aromatic heterocycles. The van der Waals surface area contributed by atoms with E-state index < -0.39 is 50.5 Å². The van der Waals surface area contributed by atoms with Gasteiger partial charge in [-0.25, -0.2) is 29.9 Å². The number of hydrogen-bond donors (Lipinski definition) is 8. The molecule has 22 nitrogen and oxygen atoms in total. The second kappa shape index (κ2) is 15.0. The molecule has 4 rings (SSSR count). The summed E-state index contributed by atoms with van der Waals surface area (Å²) in [5.41, 5.74) is 13.4. The minimum atomic E-state index is -4.67. The molecule has 0 bridgehead atoms. The number of fused-ring (bicyclic) bond motifs is 2. The van der Waals surface area contributed by atoms with Crippen molar-refractivity contribution in [2.45, 2.75) is 39.1 Å². The number of rotatable bonds is 10. The number of ether oxygens (including phenoxy) is 2. The zero-order valence-corrected chi connectivity index (χ0v) is 25.1. The monoisotopic (exact) mass is 672 g/mol. The van der Waals surface area contributed by atoms with Gasteiger partial charge in [0, 0.05) is 0 Å². The van der Waals surface area contributed by atoms with Crippen LogP contribution in [-0.2, 0) is 42.1 Å². The summed E-state index contributed by atoms with van der Waals surface area (Å²) in [5.74, 6) is 0.570. The lowest BCUT2D eigenvalue weighted by Gasteiger charge is -2.14. The first-order valence-corrected chi connectivity index (χ1v) is 16.6. The second-order valence-electron chi connectivity index (χ2n) is 8.65. The number of anilines is 2. The smallest absolute Gasteiger partial charge is 0.382 e. The van der Waals surface area contributed by atoms with E-state index in [1.165, 1.54) is 25.3 Å². The Labute approximate surface area is 243 Å². The highest BCUT2D eigenvalue weighted by Crippen LogP contribution is 2.35. The van der Waals surface area contributed by atoms with Crippen LogP contribution in [0.1, 0.15) is 13.8 Å². The van der Waals surface area contributed by atoms with Crippen LogP contribution in [0.25, 0.3) is 22.3 Å². The SMILES string of the molecule is CC(Cn1cnc2c(N)ncnc21)OCP(=O)(O)O.CC(Cn1cnc2c(N)ncnc21)OCP(=O)(O)O.O=S(=O)(O)O. The summed E-state index contributed by atoms with van der Waals surface area (Å²) >= 11 is 0. The highest BCUT2D eigenvalue weighted by Gasteiger charge is 2.18. The first kappa shape index (κ1) is 36.0. The van der Waals surface area contributed by atoms with Crippen molar-refractivity contribution in [1.29, 1.82) is 0 Å². The van der Waals surface area contributed by atoms with Crippen LogP contribution in [0.2, 0.25) is 0 Å². The van der Waals surface area contributed by atoms with Crippen LogP contribution in [0.3, 0.4) is 0 Å². The molecule has 10 N–H and O–H groups in total. The zero-order chi connectivity index (χ0) is 32.6. The number of aromatic nitrogens is 8. The molecule has 0 saturated carbocycles. The quantitative estimate of drug-likeness (QED) is 0.0758. The normalized spacial score (nSPS) is 13.6. The second-order valence-corrected chi connectivity index (χ2v) is 12.7. The summed E-state index contributed by atoms with van der Waals surface area (Å²) in [6.45, 7) is 4.11. The van der Waals surface area contributed by atoms with Gasteiger partial charge in [-0.3, -0.25) is 18.2 Å². The molecule has 0 amide bonds. The van der Waals surface area contributed by atoms with Gasteiger partial charge in [0.1, 0.15) is 36.4 Å². The maximum absolute atomic E-state index is 10.7. The van der Waals surface area contributed by atoms with E-state index >= 15 is 0 Å². The Bertz CT molecular complexity index is 1590. The molecule has 2 unspecified atom stereocenters. The Morgan fingerprint density at radius 1 is 0.744 bits per heavy atom. The third-order valence-electron chi connectivity index (χ3n) is 4.82. The van der Waals surface area contributed by atoms with Crippen LogP contribution in [0.15, 0.2) is 25.3 Å². The highest BCUT2D eigenvalue weighted by atomic mass is 32.3. The molecule has 240 valence electrons. The van der Waals surface area contributed by atoms with Crippen molar-refractivity contribution in [2.24, 2.45) is 0 Å². The first-order valence-electron chi connectivity index (χ1n) is 11.6. The van der Waals surface area contributed by atoms with E-state index in [-0.39, 0.29) is 11.6 Å². The molecule has 0 aliphatic rings. The summed E-state index contributed by atoms with van der Waals surface area (Å²) in [6.07, 6.45) is 3.70. The minimum absolute atomic E-state index is 0.285. The Morgan fingerprint density at radius 3 is 1.37 bits per heavy atom.